The van der Waals surface area contributed by atoms with Crippen molar-refractivity contribution < 1.29 is 4.79 Å². The number of aryl methyl sites for hydroxylation is 3. The van der Waals surface area contributed by atoms with Crippen molar-refractivity contribution >= 4 is 5.78 Å². The summed E-state index contributed by atoms with van der Waals surface area (Å²) in [4.78, 5) is 16.4. The lowest BCUT2D eigenvalue weighted by atomic mass is 10.1. The molecule has 0 atom stereocenters. The van der Waals surface area contributed by atoms with Gasteiger partial charge in [0.2, 0.25) is 0 Å². The first-order valence-corrected chi connectivity index (χ1v) is 5.52. The predicted octanol–water partition coefficient (Wildman–Crippen LogP) is 1.86. The van der Waals surface area contributed by atoms with E-state index in [0.717, 1.165) is 17.1 Å². The molecule has 2 aromatic rings. The van der Waals surface area contributed by atoms with Crippen LogP contribution in [-0.4, -0.2) is 20.5 Å². The normalized spacial score (nSPS) is 10.5. The van der Waals surface area contributed by atoms with E-state index < -0.39 is 0 Å². The minimum absolute atomic E-state index is 0.0636. The minimum Gasteiger partial charge on any atom is -0.294 e. The van der Waals surface area contributed by atoms with Crippen LogP contribution in [0.25, 0.3) is 0 Å². The van der Waals surface area contributed by atoms with Gasteiger partial charge < -0.3 is 0 Å². The first-order chi connectivity index (χ1) is 8.06. The molecule has 0 saturated carbocycles. The Kier molecular flexibility index (Phi) is 3.04. The van der Waals surface area contributed by atoms with E-state index in [1.807, 2.05) is 45.3 Å². The summed E-state index contributed by atoms with van der Waals surface area (Å²) in [5.41, 5.74) is 3.18. The molecule has 0 saturated heterocycles. The van der Waals surface area contributed by atoms with Gasteiger partial charge in [-0.1, -0.05) is 0 Å². The van der Waals surface area contributed by atoms with Crippen LogP contribution in [0, 0.1) is 13.8 Å². The highest BCUT2D eigenvalue weighted by Gasteiger charge is 2.12. The van der Waals surface area contributed by atoms with Gasteiger partial charge in [0, 0.05) is 30.2 Å². The van der Waals surface area contributed by atoms with Crippen molar-refractivity contribution in [1.82, 2.24) is 14.8 Å². The maximum Gasteiger partial charge on any atom is 0.170 e. The Hall–Kier alpha value is -1.97. The smallest absolute Gasteiger partial charge is 0.170 e. The molecule has 0 aliphatic heterocycles. The number of hydrogen-bond donors (Lipinski definition) is 0. The summed E-state index contributed by atoms with van der Waals surface area (Å²) in [6.45, 7) is 3.78. The Bertz CT molecular complexity index is 558. The fourth-order valence-corrected chi connectivity index (χ4v) is 1.80. The maximum atomic E-state index is 12.1. The summed E-state index contributed by atoms with van der Waals surface area (Å²) in [5, 5.41) is 4.20. The van der Waals surface area contributed by atoms with Crippen LogP contribution in [0.2, 0.25) is 0 Å². The Morgan fingerprint density at radius 2 is 2.06 bits per heavy atom. The van der Waals surface area contributed by atoms with Crippen LogP contribution in [0.4, 0.5) is 0 Å². The molecular weight excluding hydrogens is 214 g/mol. The van der Waals surface area contributed by atoms with Gasteiger partial charge in [0.05, 0.1) is 12.1 Å². The number of pyridine rings is 1. The lowest BCUT2D eigenvalue weighted by Crippen LogP contribution is -2.08. The molecule has 0 N–H and O–H groups in total. The number of aromatic nitrogens is 3. The van der Waals surface area contributed by atoms with Gasteiger partial charge in [0.25, 0.3) is 0 Å². The van der Waals surface area contributed by atoms with Gasteiger partial charge in [-0.15, -0.1) is 0 Å². The molecule has 0 fully saturated rings. The molecule has 4 heteroatoms. The van der Waals surface area contributed by atoms with E-state index in [-0.39, 0.29) is 5.78 Å². The van der Waals surface area contributed by atoms with E-state index in [1.54, 1.807) is 4.68 Å². The molecular formula is C13H15N3O. The van der Waals surface area contributed by atoms with Crippen molar-refractivity contribution in [3.05, 3.63) is 47.0 Å². The average molecular weight is 229 g/mol. The number of nitrogens with zero attached hydrogens (tertiary/aromatic N) is 3. The van der Waals surface area contributed by atoms with Crippen molar-refractivity contribution in [3.8, 4) is 0 Å². The van der Waals surface area contributed by atoms with E-state index in [4.69, 9.17) is 0 Å². The molecule has 0 aromatic carbocycles. The predicted molar refractivity (Wildman–Crippen MR) is 65.0 cm³/mol. The largest absolute Gasteiger partial charge is 0.294 e. The summed E-state index contributed by atoms with van der Waals surface area (Å²) in [6.07, 6.45) is 2.16. The molecule has 0 aliphatic carbocycles. The summed E-state index contributed by atoms with van der Waals surface area (Å²) < 4.78 is 1.70. The van der Waals surface area contributed by atoms with Crippen molar-refractivity contribution in [1.29, 1.82) is 0 Å². The van der Waals surface area contributed by atoms with Crippen molar-refractivity contribution in [3.63, 3.8) is 0 Å². The summed E-state index contributed by atoms with van der Waals surface area (Å²) >= 11 is 0. The molecule has 17 heavy (non-hydrogen) atoms. The summed E-state index contributed by atoms with van der Waals surface area (Å²) in [6, 6.07) is 5.55. The van der Waals surface area contributed by atoms with E-state index in [2.05, 4.69) is 10.1 Å². The highest BCUT2D eigenvalue weighted by atomic mass is 16.1. The fourth-order valence-electron chi connectivity index (χ4n) is 1.80. The van der Waals surface area contributed by atoms with Crippen molar-refractivity contribution in [2.24, 2.45) is 7.05 Å². The molecule has 0 radical (unpaired) electrons. The molecule has 2 aromatic heterocycles. The SMILES string of the molecule is Cc1ccc(C(=O)Cc2ccn(C)n2)c(C)n1. The second-order valence-electron chi connectivity index (χ2n) is 4.17. The minimum atomic E-state index is 0.0636. The van der Waals surface area contributed by atoms with Crippen molar-refractivity contribution in [2.75, 3.05) is 0 Å². The van der Waals surface area contributed by atoms with E-state index in [1.165, 1.54) is 0 Å². The van der Waals surface area contributed by atoms with Gasteiger partial charge >= 0.3 is 0 Å². The molecule has 4 nitrogen and oxygen atoms in total. The zero-order chi connectivity index (χ0) is 12.4. The molecule has 0 spiro atoms. The number of ketones is 1. The maximum absolute atomic E-state index is 12.1. The molecule has 88 valence electrons. The average Bonchev–Trinajstić information content (AvgIpc) is 2.63. The Morgan fingerprint density at radius 1 is 1.29 bits per heavy atom. The monoisotopic (exact) mass is 229 g/mol. The second-order valence-corrected chi connectivity index (χ2v) is 4.17. The highest BCUT2D eigenvalue weighted by molar-refractivity contribution is 5.98. The number of Topliss-reactive ketones (excluding diaryl/α,β-unsaturated/α-hetero) is 1. The van der Waals surface area contributed by atoms with Gasteiger partial charge in [-0.25, -0.2) is 0 Å². The molecule has 0 aliphatic rings. The van der Waals surface area contributed by atoms with E-state index in [9.17, 15) is 4.79 Å². The molecule has 2 rings (SSSR count). The first kappa shape index (κ1) is 11.5. The number of rotatable bonds is 3. The van der Waals surface area contributed by atoms with Crippen LogP contribution in [0.5, 0.6) is 0 Å². The third-order valence-electron chi connectivity index (χ3n) is 2.64. The van der Waals surface area contributed by atoms with E-state index >= 15 is 0 Å². The summed E-state index contributed by atoms with van der Waals surface area (Å²) in [7, 11) is 1.84. The fraction of sp³-hybridized carbons (Fsp3) is 0.308. The van der Waals surface area contributed by atoms with Crippen LogP contribution in [0.1, 0.15) is 27.4 Å². The van der Waals surface area contributed by atoms with Gasteiger partial charge in [-0.3, -0.25) is 14.5 Å². The lowest BCUT2D eigenvalue weighted by molar-refractivity contribution is 0.0991. The standard InChI is InChI=1S/C13H15N3O/c1-9-4-5-12(10(2)14-9)13(17)8-11-6-7-16(3)15-11/h4-7H,8H2,1-3H3. The number of carbonyl (C=O) groups excluding carboxylic acids is 1. The highest BCUT2D eigenvalue weighted by Crippen LogP contribution is 2.10. The Morgan fingerprint density at radius 3 is 2.65 bits per heavy atom. The Labute approximate surface area is 100 Å². The van der Waals surface area contributed by atoms with Crippen LogP contribution >= 0.6 is 0 Å². The van der Waals surface area contributed by atoms with Crippen LogP contribution in [0.3, 0.4) is 0 Å². The van der Waals surface area contributed by atoms with Crippen LogP contribution in [-0.2, 0) is 13.5 Å². The van der Waals surface area contributed by atoms with Crippen LogP contribution in [0.15, 0.2) is 24.4 Å². The molecule has 0 bridgehead atoms. The zero-order valence-corrected chi connectivity index (χ0v) is 10.3. The third kappa shape index (κ3) is 2.58. The van der Waals surface area contributed by atoms with Gasteiger partial charge in [-0.2, -0.15) is 5.10 Å². The van der Waals surface area contributed by atoms with Crippen LogP contribution < -0.4 is 0 Å². The summed E-state index contributed by atoms with van der Waals surface area (Å²) in [5.74, 6) is 0.0636. The zero-order valence-electron chi connectivity index (χ0n) is 10.3. The number of hydrogen-bond acceptors (Lipinski definition) is 3. The van der Waals surface area contributed by atoms with Crippen molar-refractivity contribution in [2.45, 2.75) is 20.3 Å². The second kappa shape index (κ2) is 4.49. The van der Waals surface area contributed by atoms with Gasteiger partial charge in [-0.05, 0) is 32.0 Å². The Balaban J connectivity index is 2.20. The van der Waals surface area contributed by atoms with Gasteiger partial charge in [0.1, 0.15) is 0 Å². The first-order valence-electron chi connectivity index (χ1n) is 5.52. The molecule has 2 heterocycles. The lowest BCUT2D eigenvalue weighted by Gasteiger charge is -2.03. The quantitative estimate of drug-likeness (QED) is 0.755. The molecule has 0 amide bonds. The topological polar surface area (TPSA) is 47.8 Å². The number of carbonyl (C=O) groups is 1. The molecule has 0 unspecified atom stereocenters. The van der Waals surface area contributed by atoms with E-state index in [0.29, 0.717) is 12.0 Å². The van der Waals surface area contributed by atoms with Gasteiger partial charge in [0.15, 0.2) is 5.78 Å². The third-order valence-corrected chi connectivity index (χ3v) is 2.64.